The largest absolute Gasteiger partial charge is 0.509 e. The van der Waals surface area contributed by atoms with Crippen molar-refractivity contribution in [1.29, 1.82) is 0 Å². The van der Waals surface area contributed by atoms with E-state index >= 15 is 0 Å². The molecule has 1 aromatic rings. The van der Waals surface area contributed by atoms with Gasteiger partial charge in [0.1, 0.15) is 11.1 Å². The van der Waals surface area contributed by atoms with Gasteiger partial charge in [-0.2, -0.15) is 0 Å². The van der Waals surface area contributed by atoms with Crippen LogP contribution < -0.4 is 16.3 Å². The van der Waals surface area contributed by atoms with E-state index in [4.69, 9.17) is 5.73 Å². The summed E-state index contributed by atoms with van der Waals surface area (Å²) >= 11 is 3.46. The number of hydrogen-bond donors (Lipinski definition) is 2. The molecule has 0 atom stereocenters. The first-order valence-electron chi connectivity index (χ1n) is 6.47. The number of halogens is 1. The number of rotatable bonds is 0. The van der Waals surface area contributed by atoms with Crippen LogP contribution in [0.3, 0.4) is 0 Å². The Morgan fingerprint density at radius 2 is 2.00 bits per heavy atom. The number of hydrogen-bond acceptors (Lipinski definition) is 3. The second-order valence-electron chi connectivity index (χ2n) is 5.95. The Bertz CT molecular complexity index is 737. The van der Waals surface area contributed by atoms with Gasteiger partial charge in [-0.05, 0) is 25.2 Å². The minimum atomic E-state index is -0.366. The summed E-state index contributed by atoms with van der Waals surface area (Å²) in [6.45, 7) is 7.74. The summed E-state index contributed by atoms with van der Waals surface area (Å²) in [5, 5.41) is 11.9. The van der Waals surface area contributed by atoms with Crippen molar-refractivity contribution in [2.75, 3.05) is 5.73 Å². The normalized spacial score (nSPS) is 15.9. The van der Waals surface area contributed by atoms with Gasteiger partial charge in [-0.25, -0.2) is 4.98 Å². The van der Waals surface area contributed by atoms with E-state index in [1.807, 2.05) is 52.0 Å². The van der Waals surface area contributed by atoms with Crippen LogP contribution in [0.2, 0.25) is 0 Å². The molecule has 3 nitrogen and oxygen atoms in total. The maximum atomic E-state index is 10.4. The Kier molecular flexibility index (Phi) is 3.78. The van der Waals surface area contributed by atoms with E-state index in [0.717, 1.165) is 21.0 Å². The number of nitrogens with zero attached hydrogens (tertiary/aromatic N) is 1. The number of aromatic nitrogens is 1. The molecule has 0 bridgehead atoms. The Morgan fingerprint density at radius 1 is 1.35 bits per heavy atom. The van der Waals surface area contributed by atoms with Crippen molar-refractivity contribution in [3.63, 3.8) is 0 Å². The fourth-order valence-electron chi connectivity index (χ4n) is 2.01. The summed E-state index contributed by atoms with van der Waals surface area (Å²) in [5.74, 6) is 0.258. The molecule has 106 valence electrons. The summed E-state index contributed by atoms with van der Waals surface area (Å²) in [7, 11) is 0. The molecule has 0 saturated carbocycles. The van der Waals surface area contributed by atoms with Crippen LogP contribution in [0.25, 0.3) is 17.9 Å². The molecule has 4 heteroatoms. The van der Waals surface area contributed by atoms with E-state index in [0.29, 0.717) is 11.0 Å². The molecule has 20 heavy (non-hydrogen) atoms. The maximum absolute atomic E-state index is 10.4. The third kappa shape index (κ3) is 2.66. The van der Waals surface area contributed by atoms with E-state index in [1.165, 1.54) is 0 Å². The van der Waals surface area contributed by atoms with Gasteiger partial charge in [0, 0.05) is 26.4 Å². The second kappa shape index (κ2) is 5.09. The van der Waals surface area contributed by atoms with Crippen molar-refractivity contribution in [3.05, 3.63) is 38.5 Å². The second-order valence-corrected chi connectivity index (χ2v) is 6.87. The van der Waals surface area contributed by atoms with Crippen LogP contribution in [0.5, 0.6) is 0 Å². The Balaban J connectivity index is 2.92. The molecule has 0 aliphatic heterocycles. The van der Waals surface area contributed by atoms with Crippen molar-refractivity contribution in [2.45, 2.75) is 27.7 Å². The molecular formula is C16H19BrN2O. The first kappa shape index (κ1) is 14.9. The molecule has 0 amide bonds. The highest BCUT2D eigenvalue weighted by molar-refractivity contribution is 9.12. The zero-order chi connectivity index (χ0) is 15.1. The van der Waals surface area contributed by atoms with Gasteiger partial charge in [0.05, 0.1) is 5.69 Å². The van der Waals surface area contributed by atoms with Gasteiger partial charge in [0.15, 0.2) is 0 Å². The molecule has 0 fully saturated rings. The van der Waals surface area contributed by atoms with Crippen LogP contribution >= 0.6 is 15.9 Å². The third-order valence-electron chi connectivity index (χ3n) is 3.28. The number of nitrogens with two attached hydrogens (primary N) is 1. The zero-order valence-electron chi connectivity index (χ0n) is 12.2. The average Bonchev–Trinajstić information content (AvgIpc) is 2.53. The fraction of sp³-hybridized carbons (Fsp3) is 0.312. The molecule has 2 rings (SSSR count). The van der Waals surface area contributed by atoms with Crippen molar-refractivity contribution in [2.24, 2.45) is 5.41 Å². The number of allylic oxidation sites excluding steroid dienone is 3. The highest BCUT2D eigenvalue weighted by Crippen LogP contribution is 2.23. The molecule has 1 aliphatic carbocycles. The predicted molar refractivity (Wildman–Crippen MR) is 88.6 cm³/mol. The highest BCUT2D eigenvalue weighted by Gasteiger charge is 2.19. The first-order valence-corrected chi connectivity index (χ1v) is 7.26. The van der Waals surface area contributed by atoms with Crippen LogP contribution in [0.1, 0.15) is 32.0 Å². The van der Waals surface area contributed by atoms with Crippen LogP contribution in [0, 0.1) is 12.3 Å². The van der Waals surface area contributed by atoms with Crippen molar-refractivity contribution in [3.8, 4) is 0 Å². The zero-order valence-corrected chi connectivity index (χ0v) is 13.7. The molecule has 0 spiro atoms. The van der Waals surface area contributed by atoms with Gasteiger partial charge in [0.2, 0.25) is 0 Å². The third-order valence-corrected chi connectivity index (χ3v) is 3.78. The summed E-state index contributed by atoms with van der Waals surface area (Å²) in [6.07, 6.45) is 7.69. The first-order chi connectivity index (χ1) is 9.21. The van der Waals surface area contributed by atoms with Crippen LogP contribution in [0.4, 0.5) is 5.69 Å². The molecule has 0 radical (unpaired) electrons. The summed E-state index contributed by atoms with van der Waals surface area (Å²) < 4.78 is 0.942. The van der Waals surface area contributed by atoms with Crippen molar-refractivity contribution < 1.29 is 5.11 Å². The highest BCUT2D eigenvalue weighted by atomic mass is 79.9. The van der Waals surface area contributed by atoms with Crippen LogP contribution in [0.15, 0.2) is 16.6 Å². The minimum absolute atomic E-state index is 0.258. The lowest BCUT2D eigenvalue weighted by Crippen LogP contribution is -2.30. The van der Waals surface area contributed by atoms with E-state index in [-0.39, 0.29) is 11.2 Å². The summed E-state index contributed by atoms with van der Waals surface area (Å²) in [5.41, 5.74) is 8.10. The van der Waals surface area contributed by atoms with Gasteiger partial charge in [0.25, 0.3) is 0 Å². The van der Waals surface area contributed by atoms with Crippen LogP contribution in [-0.4, -0.2) is 10.1 Å². The fourth-order valence-corrected chi connectivity index (χ4v) is 2.40. The number of nitrogen functional groups attached to an aromatic ring is 1. The summed E-state index contributed by atoms with van der Waals surface area (Å²) in [4.78, 5) is 4.60. The lowest BCUT2D eigenvalue weighted by molar-refractivity contribution is 0.367. The SMILES string of the molecule is Cc1c(N)c2c(nc1=C(O)C(C)(C)C)C=CC=C(Br)C=2. The minimum Gasteiger partial charge on any atom is -0.509 e. The topological polar surface area (TPSA) is 59.1 Å². The monoisotopic (exact) mass is 334 g/mol. The summed E-state index contributed by atoms with van der Waals surface area (Å²) in [6, 6.07) is 0. The molecule has 0 saturated heterocycles. The quantitative estimate of drug-likeness (QED) is 0.766. The number of aliphatic hydroxyl groups is 1. The Hall–Kier alpha value is -1.55. The van der Waals surface area contributed by atoms with Gasteiger partial charge in [-0.3, -0.25) is 0 Å². The molecule has 0 aromatic carbocycles. The molecule has 1 aromatic heterocycles. The van der Waals surface area contributed by atoms with Gasteiger partial charge >= 0.3 is 0 Å². The van der Waals surface area contributed by atoms with Crippen molar-refractivity contribution >= 4 is 39.5 Å². The molecule has 0 unspecified atom stereocenters. The number of aliphatic hydroxyl groups excluding tert-OH is 1. The Morgan fingerprint density at radius 3 is 2.60 bits per heavy atom. The molecule has 3 N–H and O–H groups in total. The van der Waals surface area contributed by atoms with Crippen LogP contribution in [-0.2, 0) is 0 Å². The Labute approximate surface area is 127 Å². The van der Waals surface area contributed by atoms with E-state index in [1.54, 1.807) is 0 Å². The lowest BCUT2D eigenvalue weighted by atomic mass is 9.92. The van der Waals surface area contributed by atoms with E-state index in [2.05, 4.69) is 20.9 Å². The average molecular weight is 335 g/mol. The predicted octanol–water partition coefficient (Wildman–Crippen LogP) is 2.77. The van der Waals surface area contributed by atoms with E-state index < -0.39 is 0 Å². The van der Waals surface area contributed by atoms with Gasteiger partial charge in [-0.1, -0.05) is 42.8 Å². The number of anilines is 1. The standard InChI is InChI=1S/C16H19BrN2O/c1-9-13(18)11-8-10(17)6-5-7-12(11)19-14(9)15(20)16(2,3)4/h5-8,20H,18H2,1-4H3. The van der Waals surface area contributed by atoms with Gasteiger partial charge < -0.3 is 10.8 Å². The lowest BCUT2D eigenvalue weighted by Gasteiger charge is -2.18. The number of pyridine rings is 1. The van der Waals surface area contributed by atoms with E-state index in [9.17, 15) is 5.11 Å². The maximum Gasteiger partial charge on any atom is 0.123 e. The van der Waals surface area contributed by atoms with Gasteiger partial charge in [-0.15, -0.1) is 0 Å². The smallest absolute Gasteiger partial charge is 0.123 e. The molecule has 1 aliphatic rings. The molecular weight excluding hydrogens is 316 g/mol. The molecule has 1 heterocycles. The van der Waals surface area contributed by atoms with Crippen molar-refractivity contribution in [1.82, 2.24) is 4.98 Å². The number of fused-ring (bicyclic) bond motifs is 1.